The van der Waals surface area contributed by atoms with Crippen LogP contribution in [0.4, 0.5) is 0 Å². The van der Waals surface area contributed by atoms with Gasteiger partial charge in [-0.2, -0.15) is 0 Å². The molecule has 3 nitrogen and oxygen atoms in total. The van der Waals surface area contributed by atoms with Gasteiger partial charge in [-0.05, 0) is 0 Å². The topological polar surface area (TPSA) is 43.4 Å². The maximum atomic E-state index is 11.9. The Morgan fingerprint density at radius 3 is 1.81 bits per heavy atom. The molecule has 0 bridgehead atoms. The molecule has 0 saturated heterocycles. The Labute approximate surface area is 96.1 Å². The summed E-state index contributed by atoms with van der Waals surface area (Å²) in [7, 11) is 0. The van der Waals surface area contributed by atoms with Crippen molar-refractivity contribution in [3.63, 3.8) is 0 Å². The van der Waals surface area contributed by atoms with Gasteiger partial charge in [-0.25, -0.2) is 0 Å². The van der Waals surface area contributed by atoms with Crippen LogP contribution in [0.5, 0.6) is 5.75 Å². The van der Waals surface area contributed by atoms with E-state index in [2.05, 4.69) is 0 Å². The summed E-state index contributed by atoms with van der Waals surface area (Å²) in [4.78, 5) is 0. The van der Waals surface area contributed by atoms with Crippen LogP contribution in [0.3, 0.4) is 0 Å². The molecule has 0 aromatic heterocycles. The van der Waals surface area contributed by atoms with Gasteiger partial charge in [0.25, 0.3) is 0 Å². The van der Waals surface area contributed by atoms with E-state index >= 15 is 0 Å². The summed E-state index contributed by atoms with van der Waals surface area (Å²) in [5.74, 6) is 0.351. The van der Waals surface area contributed by atoms with Gasteiger partial charge in [-0.3, -0.25) is 0 Å². The van der Waals surface area contributed by atoms with Crippen molar-refractivity contribution in [1.82, 2.24) is 0 Å². The first-order valence-corrected chi connectivity index (χ1v) is 7.21. The molecule has 0 N–H and O–H groups in total. The SMILES string of the molecule is [O]=[V](=[O])([O]c1ccccc1)[c]1ccccc1. The molecule has 0 spiro atoms. The molecule has 16 heavy (non-hydrogen) atoms. The van der Waals surface area contributed by atoms with Crippen molar-refractivity contribution in [2.24, 2.45) is 0 Å². The van der Waals surface area contributed by atoms with Crippen LogP contribution in [0.1, 0.15) is 0 Å². The van der Waals surface area contributed by atoms with Crippen LogP contribution < -0.4 is 7.94 Å². The number of benzene rings is 2. The summed E-state index contributed by atoms with van der Waals surface area (Å²) in [5.41, 5.74) is 0. The third-order valence-electron chi connectivity index (χ3n) is 2.04. The zero-order valence-corrected chi connectivity index (χ0v) is 9.84. The Bertz CT molecular complexity index is 547. The summed E-state index contributed by atoms with van der Waals surface area (Å²) in [6.45, 7) is 0. The quantitative estimate of drug-likeness (QED) is 0.841. The van der Waals surface area contributed by atoms with Crippen molar-refractivity contribution in [1.29, 1.82) is 0 Å². The van der Waals surface area contributed by atoms with E-state index in [0.29, 0.717) is 5.75 Å². The Balaban J connectivity index is 2.29. The summed E-state index contributed by atoms with van der Waals surface area (Å²) in [5, 5.41) is 0. The first-order chi connectivity index (χ1) is 7.68. The van der Waals surface area contributed by atoms with E-state index in [4.69, 9.17) is 3.66 Å². The summed E-state index contributed by atoms with van der Waals surface area (Å²) >= 11 is -4.68. The molecule has 0 saturated carbocycles. The number of para-hydroxylation sites is 1. The summed E-state index contributed by atoms with van der Waals surface area (Å²) in [6.07, 6.45) is 0. The zero-order chi connectivity index (χ0) is 11.4. The average Bonchev–Trinajstić information content (AvgIpc) is 2.31. The Kier molecular flexibility index (Phi) is 3.08. The second-order valence-electron chi connectivity index (χ2n) is 3.24. The van der Waals surface area contributed by atoms with Crippen LogP contribution in [-0.2, 0) is 21.6 Å². The fourth-order valence-corrected chi connectivity index (χ4v) is 2.91. The first-order valence-electron chi connectivity index (χ1n) is 4.80. The van der Waals surface area contributed by atoms with Crippen LogP contribution in [0.15, 0.2) is 60.7 Å². The average molecular weight is 253 g/mol. The molecule has 0 amide bonds. The fraction of sp³-hybridized carbons (Fsp3) is 0. The van der Waals surface area contributed by atoms with E-state index in [9.17, 15) is 7.35 Å². The van der Waals surface area contributed by atoms with Crippen LogP contribution >= 0.6 is 0 Å². The van der Waals surface area contributed by atoms with E-state index in [1.807, 2.05) is 0 Å². The number of hydrogen-bond donors (Lipinski definition) is 0. The van der Waals surface area contributed by atoms with E-state index < -0.39 is 14.3 Å². The van der Waals surface area contributed by atoms with Crippen LogP contribution in [0.25, 0.3) is 0 Å². The van der Waals surface area contributed by atoms with Gasteiger partial charge in [0, 0.05) is 0 Å². The van der Waals surface area contributed by atoms with Crippen molar-refractivity contribution in [2.45, 2.75) is 0 Å². The normalized spacial score (nSPS) is 11.0. The van der Waals surface area contributed by atoms with Gasteiger partial charge in [-0.1, -0.05) is 0 Å². The van der Waals surface area contributed by atoms with Crippen molar-refractivity contribution >= 4 is 4.28 Å². The molecule has 0 aliphatic rings. The van der Waals surface area contributed by atoms with Gasteiger partial charge in [-0.15, -0.1) is 0 Å². The predicted molar refractivity (Wildman–Crippen MR) is 54.5 cm³/mol. The van der Waals surface area contributed by atoms with E-state index in [0.717, 1.165) is 0 Å². The second kappa shape index (κ2) is 4.51. The molecule has 0 radical (unpaired) electrons. The molecule has 0 aliphatic heterocycles. The van der Waals surface area contributed by atoms with Gasteiger partial charge in [0.15, 0.2) is 0 Å². The van der Waals surface area contributed by atoms with Crippen LogP contribution in [0, 0.1) is 0 Å². The van der Waals surface area contributed by atoms with E-state index in [1.54, 1.807) is 48.5 Å². The Morgan fingerprint density at radius 2 is 1.25 bits per heavy atom. The van der Waals surface area contributed by atoms with Crippen LogP contribution in [-0.4, -0.2) is 0 Å². The molecule has 4 heteroatoms. The first kappa shape index (κ1) is 10.9. The predicted octanol–water partition coefficient (Wildman–Crippen LogP) is 2.15. The fourth-order valence-electron chi connectivity index (χ4n) is 1.28. The van der Waals surface area contributed by atoms with Gasteiger partial charge >= 0.3 is 96.0 Å². The molecule has 2 aromatic carbocycles. The molecule has 0 heterocycles. The number of hydrogen-bond acceptors (Lipinski definition) is 3. The van der Waals surface area contributed by atoms with Crippen molar-refractivity contribution in [3.8, 4) is 5.75 Å². The molecule has 2 aromatic rings. The van der Waals surface area contributed by atoms with Crippen LogP contribution in [0.2, 0.25) is 0 Å². The third kappa shape index (κ3) is 2.51. The maximum absolute atomic E-state index is 11.9. The van der Waals surface area contributed by atoms with Crippen molar-refractivity contribution in [2.75, 3.05) is 0 Å². The summed E-state index contributed by atoms with van der Waals surface area (Å²) < 4.78 is 29.0. The molecule has 81 valence electrons. The second-order valence-corrected chi connectivity index (χ2v) is 5.88. The minimum absolute atomic E-state index is 0.240. The standard InChI is InChI=1S/C6H6O.C6H5.2O.V/c7-6-4-2-1-3-5-6;1-2-4-6-5-3-1;;;/h1-5,7H;1-5H;;;/q;;;;+1/p-1. The van der Waals surface area contributed by atoms with Crippen molar-refractivity contribution in [3.05, 3.63) is 60.7 Å². The monoisotopic (exact) mass is 253 g/mol. The Hall–Kier alpha value is -1.58. The minimum atomic E-state index is -4.68. The van der Waals surface area contributed by atoms with E-state index in [1.165, 1.54) is 12.1 Å². The molecule has 0 fully saturated rings. The molecular weight excluding hydrogens is 243 g/mol. The summed E-state index contributed by atoms with van der Waals surface area (Å²) in [6, 6.07) is 16.7. The van der Waals surface area contributed by atoms with E-state index in [-0.39, 0.29) is 4.28 Å². The van der Waals surface area contributed by atoms with Gasteiger partial charge in [0.1, 0.15) is 0 Å². The van der Waals surface area contributed by atoms with Crippen molar-refractivity contribution < 1.29 is 25.3 Å². The molecule has 0 unspecified atom stereocenters. The number of rotatable bonds is 3. The Morgan fingerprint density at radius 1 is 0.750 bits per heavy atom. The molecule has 0 aliphatic carbocycles. The molecular formula is C12H10O3V. The van der Waals surface area contributed by atoms with Gasteiger partial charge < -0.3 is 0 Å². The zero-order valence-electron chi connectivity index (χ0n) is 8.45. The van der Waals surface area contributed by atoms with Gasteiger partial charge in [0.2, 0.25) is 0 Å². The third-order valence-corrected chi connectivity index (χ3v) is 4.20. The molecule has 0 atom stereocenters. The molecule has 2 rings (SSSR count). The van der Waals surface area contributed by atoms with Gasteiger partial charge in [0.05, 0.1) is 0 Å².